The van der Waals surface area contributed by atoms with Crippen molar-refractivity contribution in [3.05, 3.63) is 71.5 Å². The molecule has 1 fully saturated rings. The maximum atomic E-state index is 13.3. The number of nitrogens with zero attached hydrogens (tertiary/aromatic N) is 2. The highest BCUT2D eigenvalue weighted by atomic mass is 35.5. The first-order valence-electron chi connectivity index (χ1n) is 8.60. The second kappa shape index (κ2) is 7.79. The quantitative estimate of drug-likeness (QED) is 0.618. The molecule has 1 saturated heterocycles. The number of carbonyl (C=O) groups excluding carboxylic acids is 2. The van der Waals surface area contributed by atoms with Gasteiger partial charge in [-0.05, 0) is 42.0 Å². The smallest absolute Gasteiger partial charge is 0.248 e. The van der Waals surface area contributed by atoms with Gasteiger partial charge in [-0.1, -0.05) is 30.3 Å². The van der Waals surface area contributed by atoms with E-state index >= 15 is 0 Å². The Kier molecular flexibility index (Phi) is 5.63. The van der Waals surface area contributed by atoms with Gasteiger partial charge in [0, 0.05) is 37.1 Å². The lowest BCUT2D eigenvalue weighted by atomic mass is 9.80. The van der Waals surface area contributed by atoms with Gasteiger partial charge in [0.05, 0.1) is 0 Å². The Hall–Kier alpha value is -2.24. The van der Waals surface area contributed by atoms with Gasteiger partial charge in [0.2, 0.25) is 11.8 Å². The number of aliphatic hydroxyl groups excluding tert-OH is 1. The van der Waals surface area contributed by atoms with Crippen molar-refractivity contribution in [2.24, 2.45) is 0 Å². The van der Waals surface area contributed by atoms with E-state index in [2.05, 4.69) is 6.58 Å². The molecular formula is C20H20Cl2N2O3. The predicted molar refractivity (Wildman–Crippen MR) is 106 cm³/mol. The number of alkyl halides is 1. The Bertz CT molecular complexity index is 811. The van der Waals surface area contributed by atoms with Gasteiger partial charge < -0.3 is 14.9 Å². The predicted octanol–water partition coefficient (Wildman–Crippen LogP) is 3.27. The minimum Gasteiger partial charge on any atom is -0.508 e. The van der Waals surface area contributed by atoms with Crippen LogP contribution in [0.5, 0.6) is 0 Å². The van der Waals surface area contributed by atoms with Crippen LogP contribution >= 0.6 is 23.2 Å². The molecule has 27 heavy (non-hydrogen) atoms. The molecule has 3 rings (SSSR count). The average molecular weight is 407 g/mol. The van der Waals surface area contributed by atoms with Crippen molar-refractivity contribution in [1.82, 2.24) is 9.80 Å². The largest absolute Gasteiger partial charge is 0.508 e. The molecule has 1 aromatic carbocycles. The van der Waals surface area contributed by atoms with Gasteiger partial charge in [-0.15, -0.1) is 11.6 Å². The number of halogens is 2. The van der Waals surface area contributed by atoms with Crippen molar-refractivity contribution >= 4 is 35.0 Å². The van der Waals surface area contributed by atoms with Crippen LogP contribution in [0, 0.1) is 0 Å². The van der Waals surface area contributed by atoms with E-state index in [1.165, 1.54) is 18.2 Å². The summed E-state index contributed by atoms with van der Waals surface area (Å²) in [4.78, 5) is 26.9. The van der Waals surface area contributed by atoms with Crippen molar-refractivity contribution < 1.29 is 14.7 Å². The van der Waals surface area contributed by atoms with Crippen LogP contribution in [0.4, 0.5) is 0 Å². The van der Waals surface area contributed by atoms with Crippen molar-refractivity contribution in [1.29, 1.82) is 0 Å². The van der Waals surface area contributed by atoms with Gasteiger partial charge in [0.1, 0.15) is 5.76 Å². The summed E-state index contributed by atoms with van der Waals surface area (Å²) in [6, 6.07) is 7.03. The van der Waals surface area contributed by atoms with Gasteiger partial charge in [-0.25, -0.2) is 0 Å². The van der Waals surface area contributed by atoms with Crippen molar-refractivity contribution in [2.75, 3.05) is 26.2 Å². The van der Waals surface area contributed by atoms with Crippen molar-refractivity contribution in [3.8, 4) is 0 Å². The van der Waals surface area contributed by atoms with Gasteiger partial charge >= 0.3 is 0 Å². The fourth-order valence-corrected chi connectivity index (χ4v) is 3.87. The van der Waals surface area contributed by atoms with Crippen LogP contribution < -0.4 is 0 Å². The summed E-state index contributed by atoms with van der Waals surface area (Å²) >= 11 is 12.8. The first-order chi connectivity index (χ1) is 12.8. The summed E-state index contributed by atoms with van der Waals surface area (Å²) in [5.41, 5.74) is 0.777. The van der Waals surface area contributed by atoms with Gasteiger partial charge in [-0.3, -0.25) is 9.59 Å². The molecule has 1 aliphatic heterocycles. The molecule has 2 unspecified atom stereocenters. The van der Waals surface area contributed by atoms with Crippen LogP contribution in [0.1, 0.15) is 11.5 Å². The van der Waals surface area contributed by atoms with E-state index in [1.807, 2.05) is 0 Å². The Morgan fingerprint density at radius 3 is 2.33 bits per heavy atom. The number of benzene rings is 1. The molecule has 7 heteroatoms. The lowest BCUT2D eigenvalue weighted by Crippen LogP contribution is -2.56. The first kappa shape index (κ1) is 19.5. The van der Waals surface area contributed by atoms with E-state index in [0.29, 0.717) is 31.2 Å². The standard InChI is InChI=1S/C20H20Cl2N2O3/c1-2-18(26)23-9-11-24(12-10-23)19(27)20(22)8-7-16(25)13-17(20)14-3-5-15(21)6-4-14/h2-8,13,17,25H,1,9-12H2. The second-order valence-corrected chi connectivity index (χ2v) is 7.61. The van der Waals surface area contributed by atoms with Gasteiger partial charge in [0.25, 0.3) is 0 Å². The Morgan fingerprint density at radius 2 is 1.74 bits per heavy atom. The molecule has 2 amide bonds. The zero-order chi connectivity index (χ0) is 19.6. The van der Waals surface area contributed by atoms with E-state index in [1.54, 1.807) is 40.1 Å². The minimum absolute atomic E-state index is 0.0559. The summed E-state index contributed by atoms with van der Waals surface area (Å²) in [5.74, 6) is -0.885. The van der Waals surface area contributed by atoms with Crippen molar-refractivity contribution in [2.45, 2.75) is 10.8 Å². The fraction of sp³-hybridized carbons (Fsp3) is 0.300. The number of hydrogen-bond donors (Lipinski definition) is 1. The monoisotopic (exact) mass is 406 g/mol. The molecule has 1 heterocycles. The number of rotatable bonds is 3. The molecule has 0 radical (unpaired) electrons. The third-order valence-corrected chi connectivity index (χ3v) is 5.67. The third-order valence-electron chi connectivity index (χ3n) is 4.90. The summed E-state index contributed by atoms with van der Waals surface area (Å²) in [5, 5.41) is 10.5. The Labute approximate surface area is 168 Å². The van der Waals surface area contributed by atoms with Crippen molar-refractivity contribution in [3.63, 3.8) is 0 Å². The molecule has 1 aromatic rings. The number of aliphatic hydroxyl groups is 1. The minimum atomic E-state index is -1.36. The molecule has 0 saturated carbocycles. The van der Waals surface area contributed by atoms with E-state index in [9.17, 15) is 14.7 Å². The lowest BCUT2D eigenvalue weighted by Gasteiger charge is -2.40. The maximum absolute atomic E-state index is 13.3. The number of amides is 2. The number of allylic oxidation sites excluding steroid dienone is 2. The summed E-state index contributed by atoms with van der Waals surface area (Å²) < 4.78 is 0. The van der Waals surface area contributed by atoms with E-state index in [-0.39, 0.29) is 17.6 Å². The summed E-state index contributed by atoms with van der Waals surface area (Å²) in [6.07, 6.45) is 5.82. The molecule has 0 aromatic heterocycles. The van der Waals surface area contributed by atoms with Gasteiger partial charge in [-0.2, -0.15) is 0 Å². The highest BCUT2D eigenvalue weighted by molar-refractivity contribution is 6.37. The van der Waals surface area contributed by atoms with Crippen LogP contribution in [-0.4, -0.2) is 57.8 Å². The molecule has 0 spiro atoms. The molecule has 0 bridgehead atoms. The molecule has 1 aliphatic carbocycles. The first-order valence-corrected chi connectivity index (χ1v) is 9.36. The average Bonchev–Trinajstić information content (AvgIpc) is 2.69. The SMILES string of the molecule is C=CC(=O)N1CCN(C(=O)C2(Cl)C=CC(O)=CC2c2ccc(Cl)cc2)CC1. The normalized spacial score (nSPS) is 25.1. The fourth-order valence-electron chi connectivity index (χ4n) is 3.37. The van der Waals surface area contributed by atoms with Crippen LogP contribution in [-0.2, 0) is 9.59 Å². The van der Waals surface area contributed by atoms with E-state index in [4.69, 9.17) is 23.2 Å². The topological polar surface area (TPSA) is 60.9 Å². The summed E-state index contributed by atoms with van der Waals surface area (Å²) in [6.45, 7) is 5.14. The lowest BCUT2D eigenvalue weighted by molar-refractivity contribution is -0.138. The molecular weight excluding hydrogens is 387 g/mol. The maximum Gasteiger partial charge on any atom is 0.248 e. The molecule has 2 aliphatic rings. The zero-order valence-electron chi connectivity index (χ0n) is 14.6. The van der Waals surface area contributed by atoms with E-state index < -0.39 is 10.8 Å². The molecule has 5 nitrogen and oxygen atoms in total. The molecule has 1 N–H and O–H groups in total. The van der Waals surface area contributed by atoms with Crippen LogP contribution in [0.15, 0.2) is 60.9 Å². The molecule has 2 atom stereocenters. The Balaban J connectivity index is 1.83. The second-order valence-electron chi connectivity index (χ2n) is 6.54. The number of hydrogen-bond acceptors (Lipinski definition) is 3. The highest BCUT2D eigenvalue weighted by Crippen LogP contribution is 2.42. The highest BCUT2D eigenvalue weighted by Gasteiger charge is 2.46. The third kappa shape index (κ3) is 3.89. The Morgan fingerprint density at radius 1 is 1.15 bits per heavy atom. The molecule has 142 valence electrons. The van der Waals surface area contributed by atoms with Crippen LogP contribution in [0.2, 0.25) is 5.02 Å². The number of carbonyl (C=O) groups is 2. The van der Waals surface area contributed by atoms with E-state index in [0.717, 1.165) is 5.56 Å². The van der Waals surface area contributed by atoms with Gasteiger partial charge in [0.15, 0.2) is 4.87 Å². The van der Waals surface area contributed by atoms with Crippen LogP contribution in [0.25, 0.3) is 0 Å². The van der Waals surface area contributed by atoms with Crippen LogP contribution in [0.3, 0.4) is 0 Å². The summed E-state index contributed by atoms with van der Waals surface area (Å²) in [7, 11) is 0. The zero-order valence-corrected chi connectivity index (χ0v) is 16.2. The number of piperazine rings is 1.